The molecule has 1 aliphatic rings. The van der Waals surface area contributed by atoms with Crippen molar-refractivity contribution in [3.63, 3.8) is 0 Å². The van der Waals surface area contributed by atoms with E-state index in [0.717, 1.165) is 0 Å². The minimum atomic E-state index is -1.06. The summed E-state index contributed by atoms with van der Waals surface area (Å²) in [6, 6.07) is -2.48. The van der Waals surface area contributed by atoms with Gasteiger partial charge < -0.3 is 20.5 Å². The summed E-state index contributed by atoms with van der Waals surface area (Å²) >= 11 is 0. The van der Waals surface area contributed by atoms with Gasteiger partial charge in [0, 0.05) is 6.92 Å². The highest BCUT2D eigenvalue weighted by Crippen LogP contribution is 2.36. The number of amides is 3. The quantitative estimate of drug-likeness (QED) is 0.609. The molecule has 0 aliphatic carbocycles. The van der Waals surface area contributed by atoms with Crippen molar-refractivity contribution in [1.82, 2.24) is 10.2 Å². The van der Waals surface area contributed by atoms with E-state index >= 15 is 0 Å². The van der Waals surface area contributed by atoms with Gasteiger partial charge in [0.25, 0.3) is 0 Å². The molecule has 0 spiro atoms. The molecule has 1 heterocycles. The van der Waals surface area contributed by atoms with Gasteiger partial charge >= 0.3 is 12.1 Å². The summed E-state index contributed by atoms with van der Waals surface area (Å²) < 4.78 is 11.1. The Morgan fingerprint density at radius 2 is 1.55 bits per heavy atom. The number of likely N-dealkylation sites (tertiary alicyclic amines) is 1. The van der Waals surface area contributed by atoms with Crippen molar-refractivity contribution in [2.75, 3.05) is 0 Å². The molecule has 0 aromatic rings. The normalized spacial score (nSPS) is 22.8. The molecule has 0 bridgehead atoms. The van der Waals surface area contributed by atoms with Gasteiger partial charge in [0.15, 0.2) is 0 Å². The van der Waals surface area contributed by atoms with Crippen molar-refractivity contribution in [1.29, 1.82) is 0 Å². The first-order chi connectivity index (χ1) is 13.9. The van der Waals surface area contributed by atoms with Gasteiger partial charge in [-0.3, -0.25) is 14.5 Å². The molecule has 3 N–H and O–H groups in total. The van der Waals surface area contributed by atoms with Crippen LogP contribution in [0.1, 0.15) is 75.2 Å². The Balaban J connectivity index is 3.52. The van der Waals surface area contributed by atoms with Crippen LogP contribution in [-0.2, 0) is 23.9 Å². The number of hydrogen-bond donors (Lipinski definition) is 2. The number of nitrogens with two attached hydrogens (primary N) is 1. The number of nitrogens with one attached hydrogen (secondary N) is 1. The van der Waals surface area contributed by atoms with Crippen LogP contribution in [0.4, 0.5) is 4.79 Å². The van der Waals surface area contributed by atoms with E-state index in [4.69, 9.17) is 15.2 Å². The van der Waals surface area contributed by atoms with Crippen LogP contribution >= 0.6 is 0 Å². The number of nitrogens with zero attached hydrogens (tertiary/aromatic N) is 1. The summed E-state index contributed by atoms with van der Waals surface area (Å²) in [4.78, 5) is 51.8. The number of carbonyl (C=O) groups is 4. The number of carbonyl (C=O) groups excluding carboxylic acids is 4. The lowest BCUT2D eigenvalue weighted by Crippen LogP contribution is -2.58. The molecule has 3 amide bonds. The van der Waals surface area contributed by atoms with E-state index in [2.05, 4.69) is 5.32 Å². The second-order valence-corrected chi connectivity index (χ2v) is 10.6. The highest BCUT2D eigenvalue weighted by Gasteiger charge is 2.54. The summed E-state index contributed by atoms with van der Waals surface area (Å²) in [6.07, 6.45) is -0.271. The van der Waals surface area contributed by atoms with Gasteiger partial charge in [0.2, 0.25) is 11.8 Å². The zero-order chi connectivity index (χ0) is 24.3. The Bertz CT molecular complexity index is 692. The number of esters is 1. The standard InChI is InChI=1S/C22H39N3O6/c1-12(2)10-15(24-13(3)26)17-14(18(23)27)11-16(19(28)30-21(4,5)6)25(17)20(29)31-22(7,8)9/h12,14-17H,10-11H2,1-9H3,(H2,23,27)(H,24,26)/t14-,15+,16-,17-/m1/s1. The fourth-order valence-electron chi connectivity index (χ4n) is 3.85. The van der Waals surface area contributed by atoms with E-state index in [1.54, 1.807) is 41.5 Å². The molecule has 0 aromatic heterocycles. The molecule has 0 radical (unpaired) electrons. The van der Waals surface area contributed by atoms with Crippen molar-refractivity contribution in [3.05, 3.63) is 0 Å². The predicted molar refractivity (Wildman–Crippen MR) is 116 cm³/mol. The monoisotopic (exact) mass is 441 g/mol. The SMILES string of the molecule is CC(=O)N[C@@H](CC(C)C)[C@H]1[C@H](C(N)=O)C[C@H](C(=O)OC(C)(C)C)N1C(=O)OC(C)(C)C. The lowest BCUT2D eigenvalue weighted by molar-refractivity contribution is -0.160. The van der Waals surface area contributed by atoms with Crippen LogP contribution in [0.5, 0.6) is 0 Å². The number of primary amides is 1. The molecule has 1 fully saturated rings. The van der Waals surface area contributed by atoms with Gasteiger partial charge in [-0.1, -0.05) is 13.8 Å². The van der Waals surface area contributed by atoms with E-state index in [1.807, 2.05) is 13.8 Å². The second kappa shape index (κ2) is 9.87. The molecule has 1 rings (SSSR count). The molecule has 31 heavy (non-hydrogen) atoms. The minimum absolute atomic E-state index is 0.00232. The molecule has 178 valence electrons. The number of rotatable bonds is 6. The first-order valence-corrected chi connectivity index (χ1v) is 10.7. The highest BCUT2D eigenvalue weighted by atomic mass is 16.6. The molecular formula is C22H39N3O6. The van der Waals surface area contributed by atoms with Gasteiger partial charge in [0.1, 0.15) is 17.2 Å². The van der Waals surface area contributed by atoms with Gasteiger partial charge in [-0.2, -0.15) is 0 Å². The van der Waals surface area contributed by atoms with E-state index in [1.165, 1.54) is 11.8 Å². The topological polar surface area (TPSA) is 128 Å². The van der Waals surface area contributed by atoms with E-state index < -0.39 is 53.2 Å². The molecule has 1 saturated heterocycles. The van der Waals surface area contributed by atoms with Crippen LogP contribution in [0.3, 0.4) is 0 Å². The Kier molecular flexibility index (Phi) is 8.51. The maximum absolute atomic E-state index is 13.2. The smallest absolute Gasteiger partial charge is 0.411 e. The lowest BCUT2D eigenvalue weighted by atomic mass is 9.88. The Labute approximate surface area is 185 Å². The van der Waals surface area contributed by atoms with Crippen molar-refractivity contribution in [3.8, 4) is 0 Å². The van der Waals surface area contributed by atoms with Crippen molar-refractivity contribution < 1.29 is 28.7 Å². The molecular weight excluding hydrogens is 402 g/mol. The largest absolute Gasteiger partial charge is 0.458 e. The summed E-state index contributed by atoms with van der Waals surface area (Å²) in [5, 5.41) is 2.85. The number of ether oxygens (including phenoxy) is 2. The summed E-state index contributed by atoms with van der Waals surface area (Å²) in [5.74, 6) is -2.30. The third-order valence-electron chi connectivity index (χ3n) is 4.72. The van der Waals surface area contributed by atoms with Crippen molar-refractivity contribution >= 4 is 23.9 Å². The van der Waals surface area contributed by atoms with Gasteiger partial charge in [-0.25, -0.2) is 9.59 Å². The molecule has 0 unspecified atom stereocenters. The van der Waals surface area contributed by atoms with Crippen molar-refractivity contribution in [2.45, 2.75) is 104 Å². The maximum Gasteiger partial charge on any atom is 0.411 e. The third kappa shape index (κ3) is 8.03. The van der Waals surface area contributed by atoms with Crippen LogP contribution in [0, 0.1) is 11.8 Å². The van der Waals surface area contributed by atoms with E-state index in [-0.39, 0.29) is 18.2 Å². The first kappa shape index (κ1) is 26.7. The minimum Gasteiger partial charge on any atom is -0.458 e. The third-order valence-corrected chi connectivity index (χ3v) is 4.72. The average molecular weight is 442 g/mol. The highest BCUT2D eigenvalue weighted by molar-refractivity contribution is 5.87. The fourth-order valence-corrected chi connectivity index (χ4v) is 3.85. The van der Waals surface area contributed by atoms with Gasteiger partial charge in [-0.15, -0.1) is 0 Å². The molecule has 4 atom stereocenters. The van der Waals surface area contributed by atoms with Crippen LogP contribution in [0.2, 0.25) is 0 Å². The van der Waals surface area contributed by atoms with Crippen LogP contribution in [0.25, 0.3) is 0 Å². The second-order valence-electron chi connectivity index (χ2n) is 10.6. The molecule has 0 saturated carbocycles. The van der Waals surface area contributed by atoms with Crippen LogP contribution in [-0.4, -0.2) is 58.1 Å². The molecule has 9 heteroatoms. The fraction of sp³-hybridized carbons (Fsp3) is 0.818. The zero-order valence-electron chi connectivity index (χ0n) is 20.3. The van der Waals surface area contributed by atoms with Gasteiger partial charge in [0.05, 0.1) is 18.0 Å². The summed E-state index contributed by atoms with van der Waals surface area (Å²) in [5.41, 5.74) is 4.07. The Morgan fingerprint density at radius 3 is 1.94 bits per heavy atom. The maximum atomic E-state index is 13.2. The molecule has 1 aliphatic heterocycles. The average Bonchev–Trinajstić information content (AvgIpc) is 2.90. The molecule has 0 aromatic carbocycles. The Hall–Kier alpha value is -2.32. The number of hydrogen-bond acceptors (Lipinski definition) is 6. The van der Waals surface area contributed by atoms with Crippen LogP contribution < -0.4 is 11.1 Å². The van der Waals surface area contributed by atoms with Crippen molar-refractivity contribution in [2.24, 2.45) is 17.6 Å². The lowest BCUT2D eigenvalue weighted by Gasteiger charge is -2.38. The first-order valence-electron chi connectivity index (χ1n) is 10.7. The van der Waals surface area contributed by atoms with Crippen LogP contribution in [0.15, 0.2) is 0 Å². The van der Waals surface area contributed by atoms with E-state index in [0.29, 0.717) is 6.42 Å². The summed E-state index contributed by atoms with van der Waals surface area (Å²) in [7, 11) is 0. The van der Waals surface area contributed by atoms with E-state index in [9.17, 15) is 19.2 Å². The van der Waals surface area contributed by atoms with Gasteiger partial charge in [-0.05, 0) is 60.3 Å². The zero-order valence-corrected chi connectivity index (χ0v) is 20.3. The Morgan fingerprint density at radius 1 is 1.03 bits per heavy atom. The molecule has 9 nitrogen and oxygen atoms in total. The summed E-state index contributed by atoms with van der Waals surface area (Å²) in [6.45, 7) is 15.6. The predicted octanol–water partition coefficient (Wildman–Crippen LogP) is 2.36.